The Morgan fingerprint density at radius 1 is 1.18 bits per heavy atom. The molecule has 0 fully saturated rings. The van der Waals surface area contributed by atoms with E-state index >= 15 is 0 Å². The lowest BCUT2D eigenvalue weighted by Gasteiger charge is -2.14. The number of Topliss-reactive ketones (excluding diaryl/α,β-unsaturated/α-hetero) is 2. The van der Waals surface area contributed by atoms with Gasteiger partial charge in [0.1, 0.15) is 0 Å². The molecule has 0 saturated heterocycles. The van der Waals surface area contributed by atoms with Crippen molar-refractivity contribution in [3.05, 3.63) is 88.7 Å². The molecule has 1 atom stereocenters. The Labute approximate surface area is 168 Å². The summed E-state index contributed by atoms with van der Waals surface area (Å²) in [5, 5.41) is 3.28. The molecule has 1 aliphatic rings. The lowest BCUT2D eigenvalue weighted by Crippen LogP contribution is -2.15. The zero-order chi connectivity index (χ0) is 20.8. The number of hydrogen-bond acceptors (Lipinski definition) is 3. The summed E-state index contributed by atoms with van der Waals surface area (Å²) < 4.78 is 0. The van der Waals surface area contributed by atoms with Gasteiger partial charge in [0.05, 0.1) is 0 Å². The highest BCUT2D eigenvalue weighted by atomic mass is 16.1. The molecule has 3 nitrogen and oxygen atoms in total. The van der Waals surface area contributed by atoms with Crippen molar-refractivity contribution in [3.8, 4) is 0 Å². The number of allylic oxidation sites excluding steroid dienone is 9. The van der Waals surface area contributed by atoms with Crippen molar-refractivity contribution in [1.29, 1.82) is 0 Å². The third-order valence-electron chi connectivity index (χ3n) is 5.22. The molecule has 0 heterocycles. The largest absolute Gasteiger partial charge is 0.359 e. The number of benzene rings is 1. The predicted molar refractivity (Wildman–Crippen MR) is 117 cm³/mol. The van der Waals surface area contributed by atoms with Gasteiger partial charge in [0.15, 0.2) is 11.6 Å². The summed E-state index contributed by atoms with van der Waals surface area (Å²) in [4.78, 5) is 24.4. The predicted octanol–water partition coefficient (Wildman–Crippen LogP) is 6.19. The van der Waals surface area contributed by atoms with E-state index in [2.05, 4.69) is 18.0 Å². The first-order valence-electron chi connectivity index (χ1n) is 9.54. The minimum atomic E-state index is -0.244. The maximum Gasteiger partial charge on any atom is 0.166 e. The molecule has 0 bridgehead atoms. The van der Waals surface area contributed by atoms with Crippen LogP contribution < -0.4 is 5.32 Å². The first kappa shape index (κ1) is 21.4. The van der Waals surface area contributed by atoms with E-state index in [-0.39, 0.29) is 17.5 Å². The summed E-state index contributed by atoms with van der Waals surface area (Å²) in [6.45, 7) is 13.4. The molecule has 0 saturated carbocycles. The fraction of sp³-hybridized carbons (Fsp3) is 0.280. The lowest BCUT2D eigenvalue weighted by molar-refractivity contribution is -0.117. The van der Waals surface area contributed by atoms with Crippen molar-refractivity contribution in [2.45, 2.75) is 41.0 Å². The van der Waals surface area contributed by atoms with Gasteiger partial charge in [-0.3, -0.25) is 9.59 Å². The van der Waals surface area contributed by atoms with Gasteiger partial charge in [0.25, 0.3) is 0 Å². The van der Waals surface area contributed by atoms with Crippen LogP contribution in [0.15, 0.2) is 83.1 Å². The first-order chi connectivity index (χ1) is 13.2. The van der Waals surface area contributed by atoms with Crippen LogP contribution in [-0.4, -0.2) is 11.6 Å². The molecule has 1 aromatic rings. The van der Waals surface area contributed by atoms with Crippen LogP contribution in [-0.2, 0) is 4.79 Å². The molecule has 0 aliphatic heterocycles. The van der Waals surface area contributed by atoms with Crippen LogP contribution in [0.5, 0.6) is 0 Å². The van der Waals surface area contributed by atoms with Crippen molar-refractivity contribution < 1.29 is 9.59 Å². The maximum absolute atomic E-state index is 12.9. The van der Waals surface area contributed by atoms with E-state index in [4.69, 9.17) is 0 Å². The second-order valence-corrected chi connectivity index (χ2v) is 7.26. The van der Waals surface area contributed by atoms with Crippen molar-refractivity contribution in [1.82, 2.24) is 0 Å². The highest BCUT2D eigenvalue weighted by molar-refractivity contribution is 6.01. The van der Waals surface area contributed by atoms with Gasteiger partial charge >= 0.3 is 0 Å². The molecule has 1 N–H and O–H groups in total. The topological polar surface area (TPSA) is 46.2 Å². The van der Waals surface area contributed by atoms with Crippen molar-refractivity contribution in [2.75, 3.05) is 5.32 Å². The van der Waals surface area contributed by atoms with Crippen LogP contribution >= 0.6 is 0 Å². The second kappa shape index (κ2) is 9.32. The Balaban J connectivity index is 2.15. The van der Waals surface area contributed by atoms with E-state index in [0.29, 0.717) is 12.0 Å². The third-order valence-corrected chi connectivity index (χ3v) is 5.22. The summed E-state index contributed by atoms with van der Waals surface area (Å²) in [6.07, 6.45) is 8.43. The van der Waals surface area contributed by atoms with E-state index in [9.17, 15) is 9.59 Å². The van der Waals surface area contributed by atoms with Crippen molar-refractivity contribution >= 4 is 17.3 Å². The normalized spacial score (nSPS) is 16.0. The maximum atomic E-state index is 12.9. The van der Waals surface area contributed by atoms with E-state index in [1.807, 2.05) is 58.0 Å². The first-order valence-corrected chi connectivity index (χ1v) is 9.54. The van der Waals surface area contributed by atoms with Gasteiger partial charge in [-0.2, -0.15) is 0 Å². The number of hydrogen-bond donors (Lipinski definition) is 1. The number of carbonyl (C=O) groups is 2. The molecule has 0 radical (unpaired) electrons. The molecule has 0 amide bonds. The molecule has 1 unspecified atom stereocenters. The molecule has 0 spiro atoms. The van der Waals surface area contributed by atoms with E-state index in [1.54, 1.807) is 19.1 Å². The molecule has 1 aromatic carbocycles. The van der Waals surface area contributed by atoms with E-state index in [0.717, 1.165) is 28.1 Å². The number of anilines is 1. The molecule has 28 heavy (non-hydrogen) atoms. The van der Waals surface area contributed by atoms with Gasteiger partial charge < -0.3 is 5.32 Å². The van der Waals surface area contributed by atoms with Crippen LogP contribution in [0.25, 0.3) is 0 Å². The average molecular weight is 376 g/mol. The van der Waals surface area contributed by atoms with Crippen molar-refractivity contribution in [3.63, 3.8) is 0 Å². The van der Waals surface area contributed by atoms with Gasteiger partial charge in [-0.15, -0.1) is 0 Å². The van der Waals surface area contributed by atoms with Gasteiger partial charge in [-0.1, -0.05) is 49.4 Å². The number of ketones is 2. The van der Waals surface area contributed by atoms with E-state index in [1.165, 1.54) is 5.57 Å². The SMILES string of the molecule is C=C/C(=C\C=C(/C)Nc1cccc(C(C)=O)c1)C(C)C(=O)C1=C(C)C(C)=CC1. The monoisotopic (exact) mass is 375 g/mol. The van der Waals surface area contributed by atoms with Gasteiger partial charge in [-0.05, 0) is 63.5 Å². The van der Waals surface area contributed by atoms with Gasteiger partial charge in [0.2, 0.25) is 0 Å². The van der Waals surface area contributed by atoms with Crippen LogP contribution in [0.3, 0.4) is 0 Å². The smallest absolute Gasteiger partial charge is 0.166 e. The zero-order valence-electron chi connectivity index (χ0n) is 17.4. The fourth-order valence-corrected chi connectivity index (χ4v) is 3.19. The van der Waals surface area contributed by atoms with E-state index < -0.39 is 0 Å². The van der Waals surface area contributed by atoms with Gasteiger partial charge in [0, 0.05) is 28.4 Å². The van der Waals surface area contributed by atoms with Crippen molar-refractivity contribution in [2.24, 2.45) is 5.92 Å². The van der Waals surface area contributed by atoms with Crippen LogP contribution in [0, 0.1) is 5.92 Å². The summed E-state index contributed by atoms with van der Waals surface area (Å²) in [6, 6.07) is 7.39. The molecule has 0 aromatic heterocycles. The van der Waals surface area contributed by atoms with Crippen LogP contribution in [0.4, 0.5) is 5.69 Å². The summed E-state index contributed by atoms with van der Waals surface area (Å²) in [5.41, 5.74) is 6.50. The standard InChI is InChI=1S/C25H29NO2/c1-7-21(19(5)25(28)24-14-11-16(2)18(24)4)13-12-17(3)26-23-10-8-9-22(15-23)20(6)27/h7-13,15,19,26H,1,14H2,2-6H3/b17-12+,21-13+. The highest BCUT2D eigenvalue weighted by Gasteiger charge is 2.23. The van der Waals surface area contributed by atoms with Gasteiger partial charge in [-0.25, -0.2) is 0 Å². The Bertz CT molecular complexity index is 926. The molecule has 1 aliphatic carbocycles. The lowest BCUT2D eigenvalue weighted by atomic mass is 9.89. The summed E-state index contributed by atoms with van der Waals surface area (Å²) >= 11 is 0. The third kappa shape index (κ3) is 5.07. The Morgan fingerprint density at radius 3 is 2.46 bits per heavy atom. The second-order valence-electron chi connectivity index (χ2n) is 7.26. The molecule has 146 valence electrons. The molecular weight excluding hydrogens is 346 g/mol. The zero-order valence-corrected chi connectivity index (χ0v) is 17.4. The minimum absolute atomic E-state index is 0.0349. The quantitative estimate of drug-likeness (QED) is 0.435. The average Bonchev–Trinajstić information content (AvgIpc) is 3.00. The summed E-state index contributed by atoms with van der Waals surface area (Å²) in [5.74, 6) is -0.0514. The Morgan fingerprint density at radius 2 is 1.89 bits per heavy atom. The minimum Gasteiger partial charge on any atom is -0.359 e. The molecule has 2 rings (SSSR count). The number of rotatable bonds is 8. The molecule has 3 heteroatoms. The number of nitrogens with one attached hydrogen (secondary N) is 1. The Hall–Kier alpha value is -2.94. The highest BCUT2D eigenvalue weighted by Crippen LogP contribution is 2.30. The summed E-state index contributed by atoms with van der Waals surface area (Å²) in [7, 11) is 0. The fourth-order valence-electron chi connectivity index (χ4n) is 3.19. The molecular formula is C25H29NO2. The van der Waals surface area contributed by atoms with Crippen LogP contribution in [0.1, 0.15) is 51.4 Å². The Kier molecular flexibility index (Phi) is 7.11. The number of carbonyl (C=O) groups excluding carboxylic acids is 2. The van der Waals surface area contributed by atoms with Crippen LogP contribution in [0.2, 0.25) is 0 Å².